The maximum absolute atomic E-state index is 12.1. The van der Waals surface area contributed by atoms with Crippen LogP contribution in [0.4, 0.5) is 5.69 Å². The minimum Gasteiger partial charge on any atom is -0.454 e. The van der Waals surface area contributed by atoms with Gasteiger partial charge in [-0.05, 0) is 35.0 Å². The molecule has 0 saturated carbocycles. The van der Waals surface area contributed by atoms with Crippen LogP contribution in [0.3, 0.4) is 0 Å². The number of anilines is 1. The minimum atomic E-state index is -0.498. The van der Waals surface area contributed by atoms with Gasteiger partial charge in [-0.2, -0.15) is 0 Å². The second kappa shape index (κ2) is 8.02. The molecule has 0 aliphatic carbocycles. The molecule has 122 valence electrons. The Morgan fingerprint density at radius 3 is 2.91 bits per heavy atom. The number of carbonyl (C=O) groups is 2. The van der Waals surface area contributed by atoms with Crippen molar-refractivity contribution in [2.24, 2.45) is 0 Å². The van der Waals surface area contributed by atoms with Gasteiger partial charge in [0.2, 0.25) is 5.91 Å². The molecule has 0 fully saturated rings. The van der Waals surface area contributed by atoms with Crippen LogP contribution in [-0.4, -0.2) is 32.1 Å². The number of amides is 1. The molecule has 0 spiro atoms. The van der Waals surface area contributed by atoms with Crippen LogP contribution in [0.1, 0.15) is 42.9 Å². The second-order valence-corrected chi connectivity index (χ2v) is 5.01. The Balaban J connectivity index is 1.97. The maximum Gasteiger partial charge on any atom is 0.338 e. The minimum absolute atomic E-state index is 0.0000872. The Morgan fingerprint density at radius 1 is 1.35 bits per heavy atom. The Kier molecular flexibility index (Phi) is 5.79. The van der Waals surface area contributed by atoms with Gasteiger partial charge >= 0.3 is 5.97 Å². The summed E-state index contributed by atoms with van der Waals surface area (Å²) >= 11 is 0. The molecule has 2 rings (SSSR count). The van der Waals surface area contributed by atoms with Crippen LogP contribution >= 0.6 is 0 Å². The van der Waals surface area contributed by atoms with Gasteiger partial charge in [-0.25, -0.2) is 9.48 Å². The summed E-state index contributed by atoms with van der Waals surface area (Å²) in [6.45, 7) is 4.17. The van der Waals surface area contributed by atoms with Crippen molar-refractivity contribution in [2.45, 2.75) is 39.8 Å². The van der Waals surface area contributed by atoms with E-state index >= 15 is 0 Å². The van der Waals surface area contributed by atoms with Crippen LogP contribution < -0.4 is 5.32 Å². The van der Waals surface area contributed by atoms with E-state index in [0.29, 0.717) is 23.6 Å². The van der Waals surface area contributed by atoms with Crippen molar-refractivity contribution in [1.29, 1.82) is 0 Å². The molecule has 1 N–H and O–H groups in total. The van der Waals surface area contributed by atoms with Crippen LogP contribution in [0.5, 0.6) is 0 Å². The molecule has 0 saturated heterocycles. The summed E-state index contributed by atoms with van der Waals surface area (Å²) in [4.78, 5) is 23.1. The smallest absolute Gasteiger partial charge is 0.338 e. The molecular weight excluding hydrogens is 298 g/mol. The number of ether oxygens (including phenoxy) is 1. The van der Waals surface area contributed by atoms with Crippen LogP contribution in [0.25, 0.3) is 0 Å². The number of unbranched alkanes of at least 4 members (excludes halogenated alkanes) is 1. The standard InChI is InChI=1S/C15H19N5O3/c1-3-4-8-20-14(17-18-19-20)10-23-15(22)12-6-5-7-13(9-12)16-11(2)21/h5-7,9H,3-4,8,10H2,1-2H3,(H,16,21). The van der Waals surface area contributed by atoms with Gasteiger partial charge in [0.25, 0.3) is 0 Å². The van der Waals surface area contributed by atoms with E-state index < -0.39 is 5.97 Å². The summed E-state index contributed by atoms with van der Waals surface area (Å²) in [7, 11) is 0. The van der Waals surface area contributed by atoms with E-state index in [2.05, 4.69) is 27.8 Å². The van der Waals surface area contributed by atoms with Crippen molar-refractivity contribution >= 4 is 17.6 Å². The summed E-state index contributed by atoms with van der Waals surface area (Å²) in [5.41, 5.74) is 0.892. The summed E-state index contributed by atoms with van der Waals surface area (Å²) in [5.74, 6) is -0.197. The highest BCUT2D eigenvalue weighted by Gasteiger charge is 2.12. The number of esters is 1. The van der Waals surface area contributed by atoms with Gasteiger partial charge in [0.1, 0.15) is 0 Å². The molecule has 2 aromatic rings. The number of hydrogen-bond acceptors (Lipinski definition) is 6. The molecule has 8 nitrogen and oxygen atoms in total. The highest BCUT2D eigenvalue weighted by atomic mass is 16.5. The van der Waals surface area contributed by atoms with Crippen molar-refractivity contribution < 1.29 is 14.3 Å². The average molecular weight is 317 g/mol. The van der Waals surface area contributed by atoms with E-state index in [-0.39, 0.29) is 12.5 Å². The number of rotatable bonds is 7. The Morgan fingerprint density at radius 2 is 2.17 bits per heavy atom. The molecule has 0 unspecified atom stereocenters. The Labute approximate surface area is 133 Å². The zero-order chi connectivity index (χ0) is 16.7. The second-order valence-electron chi connectivity index (χ2n) is 5.01. The molecule has 1 aromatic carbocycles. The van der Waals surface area contributed by atoms with E-state index in [1.165, 1.54) is 6.92 Å². The van der Waals surface area contributed by atoms with Crippen molar-refractivity contribution in [3.05, 3.63) is 35.7 Å². The Hall–Kier alpha value is -2.77. The summed E-state index contributed by atoms with van der Waals surface area (Å²) in [5, 5.41) is 13.9. The van der Waals surface area contributed by atoms with E-state index in [9.17, 15) is 9.59 Å². The fourth-order valence-corrected chi connectivity index (χ4v) is 1.95. The third-order valence-electron chi connectivity index (χ3n) is 3.08. The van der Waals surface area contributed by atoms with Crippen molar-refractivity contribution in [3.8, 4) is 0 Å². The molecule has 23 heavy (non-hydrogen) atoms. The van der Waals surface area contributed by atoms with Gasteiger partial charge in [-0.3, -0.25) is 4.79 Å². The largest absolute Gasteiger partial charge is 0.454 e. The lowest BCUT2D eigenvalue weighted by atomic mass is 10.2. The van der Waals surface area contributed by atoms with Crippen molar-refractivity contribution in [1.82, 2.24) is 20.2 Å². The molecular formula is C15H19N5O3. The molecule has 0 radical (unpaired) electrons. The molecule has 1 aromatic heterocycles. The first-order valence-corrected chi connectivity index (χ1v) is 7.40. The first-order valence-electron chi connectivity index (χ1n) is 7.40. The topological polar surface area (TPSA) is 99.0 Å². The third kappa shape index (κ3) is 4.87. The fourth-order valence-electron chi connectivity index (χ4n) is 1.95. The molecule has 8 heteroatoms. The first kappa shape index (κ1) is 16.6. The number of hydrogen-bond donors (Lipinski definition) is 1. The molecule has 0 bridgehead atoms. The molecule has 1 amide bonds. The van der Waals surface area contributed by atoms with E-state index in [1.807, 2.05) is 0 Å². The maximum atomic E-state index is 12.1. The quantitative estimate of drug-likeness (QED) is 0.782. The van der Waals surface area contributed by atoms with Crippen LogP contribution in [0, 0.1) is 0 Å². The average Bonchev–Trinajstić information content (AvgIpc) is 2.97. The zero-order valence-corrected chi connectivity index (χ0v) is 13.2. The number of tetrazole rings is 1. The molecule has 0 aliphatic heterocycles. The lowest BCUT2D eigenvalue weighted by Gasteiger charge is -2.07. The van der Waals surface area contributed by atoms with Gasteiger partial charge in [0.05, 0.1) is 5.56 Å². The number of nitrogens with zero attached hydrogens (tertiary/aromatic N) is 4. The molecule has 0 atom stereocenters. The number of carbonyl (C=O) groups excluding carboxylic acids is 2. The highest BCUT2D eigenvalue weighted by Crippen LogP contribution is 2.12. The van der Waals surface area contributed by atoms with E-state index in [0.717, 1.165) is 12.8 Å². The van der Waals surface area contributed by atoms with E-state index in [4.69, 9.17) is 4.74 Å². The first-order chi connectivity index (χ1) is 11.1. The van der Waals surface area contributed by atoms with Crippen LogP contribution in [0.2, 0.25) is 0 Å². The van der Waals surface area contributed by atoms with Gasteiger partial charge < -0.3 is 10.1 Å². The Bertz CT molecular complexity index is 683. The number of aromatic nitrogens is 4. The highest BCUT2D eigenvalue weighted by molar-refractivity contribution is 5.93. The lowest BCUT2D eigenvalue weighted by Crippen LogP contribution is -2.12. The van der Waals surface area contributed by atoms with Crippen molar-refractivity contribution in [3.63, 3.8) is 0 Å². The van der Waals surface area contributed by atoms with Crippen LogP contribution in [-0.2, 0) is 22.7 Å². The number of benzene rings is 1. The van der Waals surface area contributed by atoms with Gasteiger partial charge in [-0.1, -0.05) is 19.4 Å². The fraction of sp³-hybridized carbons (Fsp3) is 0.400. The summed E-state index contributed by atoms with van der Waals surface area (Å²) < 4.78 is 6.87. The SMILES string of the molecule is CCCCn1nnnc1COC(=O)c1cccc(NC(C)=O)c1. The molecule has 0 aliphatic rings. The zero-order valence-electron chi connectivity index (χ0n) is 13.2. The summed E-state index contributed by atoms with van der Waals surface area (Å²) in [6, 6.07) is 6.55. The monoisotopic (exact) mass is 317 g/mol. The molecule has 1 heterocycles. The predicted octanol–water partition coefficient (Wildman–Crippen LogP) is 1.79. The van der Waals surface area contributed by atoms with E-state index in [1.54, 1.807) is 28.9 Å². The van der Waals surface area contributed by atoms with Crippen LogP contribution in [0.15, 0.2) is 24.3 Å². The van der Waals surface area contributed by atoms with Crippen molar-refractivity contribution in [2.75, 3.05) is 5.32 Å². The normalized spacial score (nSPS) is 10.3. The predicted molar refractivity (Wildman–Crippen MR) is 82.6 cm³/mol. The third-order valence-corrected chi connectivity index (χ3v) is 3.08. The summed E-state index contributed by atoms with van der Waals surface area (Å²) in [6.07, 6.45) is 1.97. The number of nitrogens with one attached hydrogen (secondary N) is 1. The lowest BCUT2D eigenvalue weighted by molar-refractivity contribution is -0.114. The number of aryl methyl sites for hydroxylation is 1. The van der Waals surface area contributed by atoms with Gasteiger partial charge in [0, 0.05) is 19.2 Å². The van der Waals surface area contributed by atoms with Gasteiger partial charge in [0.15, 0.2) is 12.4 Å². The van der Waals surface area contributed by atoms with Gasteiger partial charge in [-0.15, -0.1) is 5.10 Å².